The van der Waals surface area contributed by atoms with E-state index in [9.17, 15) is 14.9 Å². The third kappa shape index (κ3) is 4.26. The first-order chi connectivity index (χ1) is 16.0. The zero-order valence-corrected chi connectivity index (χ0v) is 18.1. The van der Waals surface area contributed by atoms with E-state index in [-0.39, 0.29) is 11.3 Å². The number of nitrogens with zero attached hydrogens (tertiary/aromatic N) is 1. The highest BCUT2D eigenvalue weighted by molar-refractivity contribution is 5.90. The Hall–Kier alpha value is -4.25. The molecular weight excluding hydrogens is 414 g/mol. The minimum atomic E-state index is -0.764. The summed E-state index contributed by atoms with van der Waals surface area (Å²) in [5.74, 6) is -0.537. The maximum Gasteiger partial charge on any atom is 0.338 e. The summed E-state index contributed by atoms with van der Waals surface area (Å²) < 4.78 is 6.06. The summed E-state index contributed by atoms with van der Waals surface area (Å²) in [6.07, 6.45) is -0.590. The third-order valence-electron chi connectivity index (χ3n) is 5.89. The lowest BCUT2D eigenvalue weighted by Gasteiger charge is -2.40. The maximum absolute atomic E-state index is 13.1. The van der Waals surface area contributed by atoms with Gasteiger partial charge in [0.05, 0.1) is 15.9 Å². The van der Waals surface area contributed by atoms with Crippen molar-refractivity contribution in [3.63, 3.8) is 0 Å². The molecule has 0 saturated carbocycles. The molecule has 0 aromatic heterocycles. The van der Waals surface area contributed by atoms with Gasteiger partial charge in [-0.3, -0.25) is 10.1 Å². The molecule has 1 atom stereocenters. The largest absolute Gasteiger partial charge is 0.457 e. The van der Waals surface area contributed by atoms with Crippen LogP contribution in [0.15, 0.2) is 115 Å². The minimum Gasteiger partial charge on any atom is -0.457 e. The molecule has 0 fully saturated rings. The molecule has 0 N–H and O–H groups in total. The monoisotopic (exact) mass is 437 g/mol. The van der Waals surface area contributed by atoms with Crippen LogP contribution in [0.3, 0.4) is 0 Å². The second-order valence-electron chi connectivity index (χ2n) is 7.76. The van der Waals surface area contributed by atoms with Gasteiger partial charge >= 0.3 is 5.97 Å². The number of rotatable bonds is 7. The van der Waals surface area contributed by atoms with E-state index in [2.05, 4.69) is 0 Å². The van der Waals surface area contributed by atoms with E-state index in [1.54, 1.807) is 0 Å². The molecule has 0 bridgehead atoms. The number of carbonyl (C=O) groups is 1. The summed E-state index contributed by atoms with van der Waals surface area (Å²) in [5, 5.41) is 11.0. The third-order valence-corrected chi connectivity index (χ3v) is 5.89. The minimum absolute atomic E-state index is 0.0770. The molecule has 4 aromatic rings. The Balaban J connectivity index is 1.82. The molecule has 4 rings (SSSR count). The SMILES string of the molecule is C[C@@H](OC(=O)c1ccc([N+](=O)[O-])cc1)C(c1ccccc1)(c1ccccc1)c1ccccc1. The summed E-state index contributed by atoms with van der Waals surface area (Å²) in [6, 6.07) is 35.4. The molecule has 0 unspecified atom stereocenters. The fourth-order valence-electron chi connectivity index (χ4n) is 4.34. The fourth-order valence-corrected chi connectivity index (χ4v) is 4.34. The van der Waals surface area contributed by atoms with Gasteiger partial charge in [0.15, 0.2) is 0 Å². The van der Waals surface area contributed by atoms with E-state index in [1.165, 1.54) is 24.3 Å². The number of esters is 1. The van der Waals surface area contributed by atoms with Gasteiger partial charge in [-0.2, -0.15) is 0 Å². The van der Waals surface area contributed by atoms with Crippen molar-refractivity contribution in [1.82, 2.24) is 0 Å². The van der Waals surface area contributed by atoms with Crippen molar-refractivity contribution in [1.29, 1.82) is 0 Å². The van der Waals surface area contributed by atoms with Crippen molar-refractivity contribution in [3.8, 4) is 0 Å². The summed E-state index contributed by atoms with van der Waals surface area (Å²) in [5.41, 5.74) is 2.40. The molecule has 33 heavy (non-hydrogen) atoms. The number of benzene rings is 4. The second-order valence-corrected chi connectivity index (χ2v) is 7.76. The first kappa shape index (κ1) is 22.0. The van der Waals surface area contributed by atoms with Gasteiger partial charge in [0.2, 0.25) is 0 Å². The Morgan fingerprint density at radius 3 is 1.48 bits per heavy atom. The van der Waals surface area contributed by atoms with Gasteiger partial charge in [0, 0.05) is 12.1 Å². The quantitative estimate of drug-likeness (QED) is 0.150. The highest BCUT2D eigenvalue weighted by Crippen LogP contribution is 2.43. The van der Waals surface area contributed by atoms with Crippen molar-refractivity contribution >= 4 is 11.7 Å². The molecule has 0 aliphatic carbocycles. The number of carbonyl (C=O) groups excluding carboxylic acids is 1. The number of nitro benzene ring substituents is 1. The average Bonchev–Trinajstić information content (AvgIpc) is 2.86. The number of hydrogen-bond donors (Lipinski definition) is 0. The van der Waals surface area contributed by atoms with Crippen molar-refractivity contribution in [3.05, 3.63) is 148 Å². The molecule has 4 aromatic carbocycles. The molecule has 164 valence electrons. The molecule has 0 saturated heterocycles. The van der Waals surface area contributed by atoms with Crippen LogP contribution in [0.1, 0.15) is 34.0 Å². The molecule has 5 heteroatoms. The highest BCUT2D eigenvalue weighted by Gasteiger charge is 2.43. The summed E-state index contributed by atoms with van der Waals surface area (Å²) in [4.78, 5) is 23.5. The first-order valence-corrected chi connectivity index (χ1v) is 10.7. The van der Waals surface area contributed by atoms with Crippen LogP contribution in [-0.2, 0) is 10.2 Å². The standard InChI is InChI=1S/C28H23NO4/c1-21(33-27(30)22-17-19-26(20-18-22)29(31)32)28(23-11-5-2-6-12-23,24-13-7-3-8-14-24)25-15-9-4-10-16-25/h2-21H,1H3/t21-/m1/s1. The van der Waals surface area contributed by atoms with Gasteiger partial charge in [-0.25, -0.2) is 4.79 Å². The topological polar surface area (TPSA) is 69.4 Å². The van der Waals surface area contributed by atoms with Gasteiger partial charge in [-0.15, -0.1) is 0 Å². The normalized spacial score (nSPS) is 12.0. The summed E-state index contributed by atoms with van der Waals surface area (Å²) in [6.45, 7) is 1.89. The zero-order chi connectivity index (χ0) is 23.3. The van der Waals surface area contributed by atoms with E-state index in [4.69, 9.17) is 4.74 Å². The highest BCUT2D eigenvalue weighted by atomic mass is 16.6. The molecular formula is C28H23NO4. The van der Waals surface area contributed by atoms with Gasteiger partial charge in [-0.05, 0) is 35.7 Å². The molecule has 5 nitrogen and oxygen atoms in total. The Bertz CT molecular complexity index is 1130. The molecule has 0 aliphatic rings. The predicted octanol–water partition coefficient (Wildman–Crippen LogP) is 6.17. The molecule has 0 radical (unpaired) electrons. The van der Waals surface area contributed by atoms with Crippen LogP contribution in [0.5, 0.6) is 0 Å². The lowest BCUT2D eigenvalue weighted by atomic mass is 9.66. The Kier molecular flexibility index (Phi) is 6.31. The molecule has 0 heterocycles. The van der Waals surface area contributed by atoms with Gasteiger partial charge in [0.25, 0.3) is 5.69 Å². The smallest absolute Gasteiger partial charge is 0.338 e. The fraction of sp³-hybridized carbons (Fsp3) is 0.107. The van der Waals surface area contributed by atoms with Crippen molar-refractivity contribution in [2.45, 2.75) is 18.4 Å². The van der Waals surface area contributed by atoms with E-state index in [1.807, 2.05) is 97.9 Å². The van der Waals surface area contributed by atoms with E-state index in [0.717, 1.165) is 16.7 Å². The van der Waals surface area contributed by atoms with Gasteiger partial charge in [0.1, 0.15) is 6.10 Å². The summed E-state index contributed by atoms with van der Waals surface area (Å²) >= 11 is 0. The molecule has 0 aliphatic heterocycles. The predicted molar refractivity (Wildman–Crippen MR) is 127 cm³/mol. The lowest BCUT2D eigenvalue weighted by molar-refractivity contribution is -0.384. The van der Waals surface area contributed by atoms with Crippen molar-refractivity contribution < 1.29 is 14.5 Å². The molecule has 0 spiro atoms. The Labute approximate surface area is 192 Å². The number of nitro groups is 1. The van der Waals surface area contributed by atoms with E-state index >= 15 is 0 Å². The van der Waals surface area contributed by atoms with Crippen LogP contribution in [0.2, 0.25) is 0 Å². The number of hydrogen-bond acceptors (Lipinski definition) is 4. The van der Waals surface area contributed by atoms with Crippen LogP contribution in [-0.4, -0.2) is 17.0 Å². The Morgan fingerprint density at radius 2 is 1.12 bits per heavy atom. The van der Waals surface area contributed by atoms with Crippen LogP contribution in [0, 0.1) is 10.1 Å². The lowest BCUT2D eigenvalue weighted by Crippen LogP contribution is -2.43. The number of ether oxygens (including phenoxy) is 1. The average molecular weight is 437 g/mol. The van der Waals surface area contributed by atoms with E-state index < -0.39 is 22.4 Å². The van der Waals surface area contributed by atoms with Gasteiger partial charge < -0.3 is 4.74 Å². The van der Waals surface area contributed by atoms with Gasteiger partial charge in [-0.1, -0.05) is 91.0 Å². The van der Waals surface area contributed by atoms with E-state index in [0.29, 0.717) is 0 Å². The second kappa shape index (κ2) is 9.49. The maximum atomic E-state index is 13.1. The van der Waals surface area contributed by atoms with Crippen LogP contribution in [0.4, 0.5) is 5.69 Å². The number of non-ortho nitro benzene ring substituents is 1. The Morgan fingerprint density at radius 1 is 0.727 bits per heavy atom. The van der Waals surface area contributed by atoms with Crippen LogP contribution in [0.25, 0.3) is 0 Å². The van der Waals surface area contributed by atoms with Crippen LogP contribution >= 0.6 is 0 Å². The summed E-state index contributed by atoms with van der Waals surface area (Å²) in [7, 11) is 0. The van der Waals surface area contributed by atoms with Crippen molar-refractivity contribution in [2.75, 3.05) is 0 Å². The first-order valence-electron chi connectivity index (χ1n) is 10.7. The van der Waals surface area contributed by atoms with Crippen molar-refractivity contribution in [2.24, 2.45) is 0 Å². The zero-order valence-electron chi connectivity index (χ0n) is 18.1. The van der Waals surface area contributed by atoms with Crippen LogP contribution < -0.4 is 0 Å². The molecule has 0 amide bonds.